The highest BCUT2D eigenvalue weighted by molar-refractivity contribution is 7.11. The molecule has 1 saturated carbocycles. The quantitative estimate of drug-likeness (QED) is 0.873. The number of thiazole rings is 1. The molecule has 1 aromatic rings. The Bertz CT molecular complexity index is 391. The molecule has 2 rings (SSSR count). The molecule has 96 valence electrons. The Morgan fingerprint density at radius 1 is 1.29 bits per heavy atom. The summed E-state index contributed by atoms with van der Waals surface area (Å²) in [6.07, 6.45) is 4.92. The van der Waals surface area contributed by atoms with Crippen LogP contribution in [0.5, 0.6) is 0 Å². The van der Waals surface area contributed by atoms with Crippen LogP contribution in [-0.2, 0) is 6.42 Å². The Morgan fingerprint density at radius 3 is 2.53 bits per heavy atom. The van der Waals surface area contributed by atoms with Gasteiger partial charge in [0, 0.05) is 11.3 Å². The van der Waals surface area contributed by atoms with Crippen LogP contribution in [0.25, 0.3) is 0 Å². The number of aromatic nitrogens is 1. The SMILES string of the molecule is Cc1nc(CC2(O)CCCC(C)(C)C2)sc1C. The maximum Gasteiger partial charge on any atom is 0.0959 e. The molecule has 0 saturated heterocycles. The van der Waals surface area contributed by atoms with Crippen molar-refractivity contribution >= 4 is 11.3 Å². The van der Waals surface area contributed by atoms with Gasteiger partial charge in [-0.15, -0.1) is 11.3 Å². The van der Waals surface area contributed by atoms with Gasteiger partial charge >= 0.3 is 0 Å². The lowest BCUT2D eigenvalue weighted by Gasteiger charge is -2.41. The van der Waals surface area contributed by atoms with E-state index in [4.69, 9.17) is 0 Å². The van der Waals surface area contributed by atoms with E-state index < -0.39 is 5.60 Å². The Hall–Kier alpha value is -0.410. The highest BCUT2D eigenvalue weighted by atomic mass is 32.1. The van der Waals surface area contributed by atoms with Crippen LogP contribution in [0, 0.1) is 19.3 Å². The number of nitrogens with zero attached hydrogens (tertiary/aromatic N) is 1. The number of hydrogen-bond donors (Lipinski definition) is 1. The molecule has 1 heterocycles. The number of aryl methyl sites for hydroxylation is 2. The zero-order valence-electron chi connectivity index (χ0n) is 11.3. The van der Waals surface area contributed by atoms with Crippen molar-refractivity contribution in [3.63, 3.8) is 0 Å². The van der Waals surface area contributed by atoms with Crippen molar-refractivity contribution in [2.45, 2.75) is 65.4 Å². The monoisotopic (exact) mass is 253 g/mol. The van der Waals surface area contributed by atoms with Crippen molar-refractivity contribution in [2.75, 3.05) is 0 Å². The molecule has 1 aromatic heterocycles. The van der Waals surface area contributed by atoms with E-state index in [1.54, 1.807) is 11.3 Å². The molecular weight excluding hydrogens is 230 g/mol. The van der Waals surface area contributed by atoms with Gasteiger partial charge in [0.2, 0.25) is 0 Å². The van der Waals surface area contributed by atoms with Crippen molar-refractivity contribution < 1.29 is 5.11 Å². The van der Waals surface area contributed by atoms with E-state index in [1.165, 1.54) is 11.3 Å². The van der Waals surface area contributed by atoms with Crippen molar-refractivity contribution in [1.29, 1.82) is 0 Å². The smallest absolute Gasteiger partial charge is 0.0959 e. The van der Waals surface area contributed by atoms with Gasteiger partial charge in [-0.3, -0.25) is 0 Å². The molecule has 1 fully saturated rings. The molecule has 0 aromatic carbocycles. The van der Waals surface area contributed by atoms with Crippen molar-refractivity contribution in [3.05, 3.63) is 15.6 Å². The van der Waals surface area contributed by atoms with Gasteiger partial charge in [0.05, 0.1) is 16.3 Å². The topological polar surface area (TPSA) is 33.1 Å². The van der Waals surface area contributed by atoms with Gasteiger partial charge in [-0.2, -0.15) is 0 Å². The molecule has 2 nitrogen and oxygen atoms in total. The summed E-state index contributed by atoms with van der Waals surface area (Å²) in [7, 11) is 0. The minimum absolute atomic E-state index is 0.272. The van der Waals surface area contributed by atoms with Gasteiger partial charge in [0.1, 0.15) is 0 Å². The number of aliphatic hydroxyl groups is 1. The third-order valence-corrected chi connectivity index (χ3v) is 4.93. The van der Waals surface area contributed by atoms with Crippen LogP contribution in [0.1, 0.15) is 55.1 Å². The Kier molecular flexibility index (Phi) is 3.34. The van der Waals surface area contributed by atoms with E-state index in [9.17, 15) is 5.11 Å². The third-order valence-electron chi connectivity index (χ3n) is 3.86. The normalized spacial score (nSPS) is 28.3. The van der Waals surface area contributed by atoms with Crippen LogP contribution in [0.4, 0.5) is 0 Å². The van der Waals surface area contributed by atoms with E-state index in [0.717, 1.165) is 36.4 Å². The van der Waals surface area contributed by atoms with Crippen LogP contribution >= 0.6 is 11.3 Å². The summed E-state index contributed by atoms with van der Waals surface area (Å²) in [5.74, 6) is 0. The molecule has 1 N–H and O–H groups in total. The molecule has 17 heavy (non-hydrogen) atoms. The molecule has 1 aliphatic carbocycles. The number of rotatable bonds is 2. The molecule has 0 aliphatic heterocycles. The predicted octanol–water partition coefficient (Wildman–Crippen LogP) is 3.63. The van der Waals surface area contributed by atoms with Crippen LogP contribution in [0.2, 0.25) is 0 Å². The molecule has 1 aliphatic rings. The zero-order valence-corrected chi connectivity index (χ0v) is 12.2. The summed E-state index contributed by atoms with van der Waals surface area (Å²) in [4.78, 5) is 5.83. The second-order valence-electron chi connectivity index (χ2n) is 6.34. The summed E-state index contributed by atoms with van der Waals surface area (Å²) in [5, 5.41) is 11.8. The van der Waals surface area contributed by atoms with Gasteiger partial charge in [0.15, 0.2) is 0 Å². The van der Waals surface area contributed by atoms with E-state index in [-0.39, 0.29) is 5.41 Å². The molecular formula is C14H23NOS. The van der Waals surface area contributed by atoms with Gasteiger partial charge in [-0.25, -0.2) is 4.98 Å². The first kappa shape index (κ1) is 13.0. The minimum atomic E-state index is -0.529. The van der Waals surface area contributed by atoms with Crippen LogP contribution in [0.3, 0.4) is 0 Å². The van der Waals surface area contributed by atoms with E-state index in [0.29, 0.717) is 0 Å². The highest BCUT2D eigenvalue weighted by Gasteiger charge is 2.39. The standard InChI is InChI=1S/C14H23NOS/c1-10-11(2)17-12(15-10)8-14(16)7-5-6-13(3,4)9-14/h16H,5-9H2,1-4H3. The summed E-state index contributed by atoms with van der Waals surface area (Å²) in [6.45, 7) is 8.67. The van der Waals surface area contributed by atoms with E-state index in [1.807, 2.05) is 6.92 Å². The average Bonchev–Trinajstić information content (AvgIpc) is 2.41. The van der Waals surface area contributed by atoms with Crippen molar-refractivity contribution in [3.8, 4) is 0 Å². The van der Waals surface area contributed by atoms with Gasteiger partial charge in [0.25, 0.3) is 0 Å². The maximum atomic E-state index is 10.7. The highest BCUT2D eigenvalue weighted by Crippen LogP contribution is 2.42. The maximum absolute atomic E-state index is 10.7. The lowest BCUT2D eigenvalue weighted by atomic mass is 9.69. The van der Waals surface area contributed by atoms with Crippen molar-refractivity contribution in [1.82, 2.24) is 4.98 Å². The molecule has 0 spiro atoms. The lowest BCUT2D eigenvalue weighted by molar-refractivity contribution is -0.0382. The van der Waals surface area contributed by atoms with E-state index in [2.05, 4.69) is 25.8 Å². The molecule has 3 heteroatoms. The molecule has 1 atom stereocenters. The summed E-state index contributed by atoms with van der Waals surface area (Å²) >= 11 is 1.74. The Labute approximate surface area is 108 Å². The lowest BCUT2D eigenvalue weighted by Crippen LogP contribution is -2.40. The molecule has 0 radical (unpaired) electrons. The van der Waals surface area contributed by atoms with E-state index >= 15 is 0 Å². The Morgan fingerprint density at radius 2 is 2.00 bits per heavy atom. The second-order valence-corrected chi connectivity index (χ2v) is 7.63. The molecule has 0 bridgehead atoms. The summed E-state index contributed by atoms with van der Waals surface area (Å²) in [5.41, 5.74) is 0.857. The summed E-state index contributed by atoms with van der Waals surface area (Å²) in [6, 6.07) is 0. The molecule has 1 unspecified atom stereocenters. The van der Waals surface area contributed by atoms with Crippen LogP contribution in [0.15, 0.2) is 0 Å². The van der Waals surface area contributed by atoms with Gasteiger partial charge in [-0.05, 0) is 38.5 Å². The van der Waals surface area contributed by atoms with Gasteiger partial charge < -0.3 is 5.11 Å². The molecule has 0 amide bonds. The van der Waals surface area contributed by atoms with Crippen LogP contribution < -0.4 is 0 Å². The number of hydrogen-bond acceptors (Lipinski definition) is 3. The predicted molar refractivity (Wildman–Crippen MR) is 72.5 cm³/mol. The largest absolute Gasteiger partial charge is 0.389 e. The fourth-order valence-electron chi connectivity index (χ4n) is 3.01. The van der Waals surface area contributed by atoms with Gasteiger partial charge in [-0.1, -0.05) is 20.3 Å². The fourth-order valence-corrected chi connectivity index (χ4v) is 4.08. The second kappa shape index (κ2) is 4.36. The first-order valence-corrected chi connectivity index (χ1v) is 7.27. The van der Waals surface area contributed by atoms with Crippen molar-refractivity contribution in [2.24, 2.45) is 5.41 Å². The average molecular weight is 253 g/mol. The first-order chi connectivity index (χ1) is 7.80. The fraction of sp³-hybridized carbons (Fsp3) is 0.786. The zero-order chi connectivity index (χ0) is 12.7. The Balaban J connectivity index is 2.11. The third kappa shape index (κ3) is 3.08. The van der Waals surface area contributed by atoms with Crippen LogP contribution in [-0.4, -0.2) is 15.7 Å². The minimum Gasteiger partial charge on any atom is -0.389 e. The first-order valence-electron chi connectivity index (χ1n) is 6.45. The summed E-state index contributed by atoms with van der Waals surface area (Å²) < 4.78 is 0.